The summed E-state index contributed by atoms with van der Waals surface area (Å²) in [5.74, 6) is 0.951. The highest BCUT2D eigenvalue weighted by molar-refractivity contribution is 5.94. The molecule has 1 aromatic rings. The molecule has 1 aromatic carbocycles. The molecule has 0 spiro atoms. The number of nitrogens with one attached hydrogen (secondary N) is 1. The van der Waals surface area contributed by atoms with Crippen molar-refractivity contribution in [3.05, 3.63) is 29.8 Å². The number of Topliss-reactive ketones (excluding diaryl/α,β-unsaturated/α-hetero) is 1. The Hall–Kier alpha value is -1.35. The van der Waals surface area contributed by atoms with Crippen molar-refractivity contribution in [2.75, 3.05) is 25.0 Å². The first-order valence-corrected chi connectivity index (χ1v) is 6.82. The highest BCUT2D eigenvalue weighted by Crippen LogP contribution is 2.29. The molecule has 3 heterocycles. The number of ketones is 1. The normalized spacial score (nSPS) is 30.2. The minimum absolute atomic E-state index is 0.129. The maximum absolute atomic E-state index is 11.2. The Bertz CT molecular complexity index is 432. The van der Waals surface area contributed by atoms with Gasteiger partial charge in [0.05, 0.1) is 0 Å². The van der Waals surface area contributed by atoms with Crippen molar-refractivity contribution in [1.29, 1.82) is 0 Å². The number of nitrogens with zero attached hydrogens (tertiary/aromatic N) is 1. The third-order valence-electron chi connectivity index (χ3n) is 4.30. The quantitative estimate of drug-likeness (QED) is 0.829. The number of carbonyl (C=O) groups is 1. The standard InChI is InChI=1S/C15H20N2O/c1-11(18)12-2-4-14(5-3-12)16-15-10-17-8-6-13(15)7-9-17/h2-5,13,15-16H,6-10H2,1H3. The number of hydrogen-bond donors (Lipinski definition) is 1. The molecular weight excluding hydrogens is 224 g/mol. The molecule has 96 valence electrons. The van der Waals surface area contributed by atoms with Crippen LogP contribution in [0.2, 0.25) is 0 Å². The van der Waals surface area contributed by atoms with Gasteiger partial charge in [-0.25, -0.2) is 0 Å². The van der Waals surface area contributed by atoms with E-state index in [1.54, 1.807) is 6.92 Å². The van der Waals surface area contributed by atoms with Crippen molar-refractivity contribution in [1.82, 2.24) is 4.90 Å². The smallest absolute Gasteiger partial charge is 0.159 e. The van der Waals surface area contributed by atoms with Gasteiger partial charge in [-0.3, -0.25) is 4.79 Å². The fourth-order valence-electron chi connectivity index (χ4n) is 3.14. The number of carbonyl (C=O) groups excluding carboxylic acids is 1. The Morgan fingerprint density at radius 1 is 1.22 bits per heavy atom. The van der Waals surface area contributed by atoms with Crippen LogP contribution in [0.1, 0.15) is 30.1 Å². The highest BCUT2D eigenvalue weighted by atomic mass is 16.1. The van der Waals surface area contributed by atoms with Gasteiger partial charge in [-0.15, -0.1) is 0 Å². The lowest BCUT2D eigenvalue weighted by atomic mass is 9.84. The van der Waals surface area contributed by atoms with Gasteiger partial charge in [-0.1, -0.05) is 0 Å². The van der Waals surface area contributed by atoms with Crippen LogP contribution < -0.4 is 5.32 Å². The fraction of sp³-hybridized carbons (Fsp3) is 0.533. The average Bonchev–Trinajstić information content (AvgIpc) is 2.41. The number of rotatable bonds is 3. The van der Waals surface area contributed by atoms with Crippen LogP contribution >= 0.6 is 0 Å². The lowest BCUT2D eigenvalue weighted by molar-refractivity contribution is 0.0975. The van der Waals surface area contributed by atoms with E-state index in [0.717, 1.165) is 17.2 Å². The number of piperidine rings is 3. The zero-order chi connectivity index (χ0) is 12.5. The molecule has 0 aromatic heterocycles. The molecule has 18 heavy (non-hydrogen) atoms. The Morgan fingerprint density at radius 2 is 1.89 bits per heavy atom. The Kier molecular flexibility index (Phi) is 3.08. The van der Waals surface area contributed by atoms with E-state index < -0.39 is 0 Å². The lowest BCUT2D eigenvalue weighted by Gasteiger charge is -2.45. The van der Waals surface area contributed by atoms with Crippen LogP contribution in [0.15, 0.2) is 24.3 Å². The van der Waals surface area contributed by atoms with Gasteiger partial charge in [-0.2, -0.15) is 0 Å². The third kappa shape index (κ3) is 2.27. The first-order chi connectivity index (χ1) is 8.72. The van der Waals surface area contributed by atoms with Gasteiger partial charge in [0.1, 0.15) is 0 Å². The molecule has 3 saturated heterocycles. The summed E-state index contributed by atoms with van der Waals surface area (Å²) in [6.45, 7) is 5.31. The van der Waals surface area contributed by atoms with Crippen LogP contribution in [0.4, 0.5) is 5.69 Å². The van der Waals surface area contributed by atoms with Gasteiger partial charge in [0.15, 0.2) is 5.78 Å². The minimum Gasteiger partial charge on any atom is -0.381 e. The van der Waals surface area contributed by atoms with Crippen LogP contribution in [-0.2, 0) is 0 Å². The van der Waals surface area contributed by atoms with Crippen molar-refractivity contribution in [2.24, 2.45) is 5.92 Å². The van der Waals surface area contributed by atoms with E-state index >= 15 is 0 Å². The van der Waals surface area contributed by atoms with Gasteiger partial charge < -0.3 is 10.2 Å². The third-order valence-corrected chi connectivity index (χ3v) is 4.30. The molecule has 3 heteroatoms. The van der Waals surface area contributed by atoms with E-state index in [0.29, 0.717) is 6.04 Å². The molecule has 3 nitrogen and oxygen atoms in total. The molecule has 1 atom stereocenters. The van der Waals surface area contributed by atoms with E-state index in [9.17, 15) is 4.79 Å². The molecule has 0 amide bonds. The van der Waals surface area contributed by atoms with E-state index in [1.807, 2.05) is 24.3 Å². The van der Waals surface area contributed by atoms with Crippen LogP contribution in [0, 0.1) is 5.92 Å². The number of anilines is 1. The predicted molar refractivity (Wildman–Crippen MR) is 73.0 cm³/mol. The Labute approximate surface area is 108 Å². The first-order valence-electron chi connectivity index (χ1n) is 6.82. The van der Waals surface area contributed by atoms with E-state index in [1.165, 1.54) is 32.5 Å². The first kappa shape index (κ1) is 11.7. The largest absolute Gasteiger partial charge is 0.381 e. The molecule has 4 rings (SSSR count). The topological polar surface area (TPSA) is 32.3 Å². The summed E-state index contributed by atoms with van der Waals surface area (Å²) in [6.07, 6.45) is 2.65. The highest BCUT2D eigenvalue weighted by Gasteiger charge is 2.33. The fourth-order valence-corrected chi connectivity index (χ4v) is 3.14. The zero-order valence-corrected chi connectivity index (χ0v) is 10.9. The molecule has 1 N–H and O–H groups in total. The molecule has 1 unspecified atom stereocenters. The molecule has 3 aliphatic heterocycles. The SMILES string of the molecule is CC(=O)c1ccc(NC2CN3CCC2CC3)cc1. The summed E-state index contributed by atoms with van der Waals surface area (Å²) in [5.41, 5.74) is 1.92. The second kappa shape index (κ2) is 4.73. The second-order valence-electron chi connectivity index (χ2n) is 5.52. The summed E-state index contributed by atoms with van der Waals surface area (Å²) in [4.78, 5) is 13.8. The average molecular weight is 244 g/mol. The molecule has 3 aliphatic rings. The van der Waals surface area contributed by atoms with E-state index in [4.69, 9.17) is 0 Å². The monoisotopic (exact) mass is 244 g/mol. The van der Waals surface area contributed by atoms with Crippen molar-refractivity contribution >= 4 is 11.5 Å². The van der Waals surface area contributed by atoms with Crippen molar-refractivity contribution in [3.8, 4) is 0 Å². The number of fused-ring (bicyclic) bond motifs is 3. The predicted octanol–water partition coefficient (Wildman–Crippen LogP) is 2.40. The number of benzene rings is 1. The number of hydrogen-bond acceptors (Lipinski definition) is 3. The van der Waals surface area contributed by atoms with Crippen LogP contribution in [-0.4, -0.2) is 36.4 Å². The van der Waals surface area contributed by atoms with E-state index in [2.05, 4.69) is 10.2 Å². The van der Waals surface area contributed by atoms with Crippen molar-refractivity contribution < 1.29 is 4.79 Å². The molecule has 3 fully saturated rings. The summed E-state index contributed by atoms with van der Waals surface area (Å²) >= 11 is 0. The summed E-state index contributed by atoms with van der Waals surface area (Å²) in [5, 5.41) is 3.63. The van der Waals surface area contributed by atoms with Crippen LogP contribution in [0.25, 0.3) is 0 Å². The summed E-state index contributed by atoms with van der Waals surface area (Å²) in [7, 11) is 0. The van der Waals surface area contributed by atoms with Crippen LogP contribution in [0.3, 0.4) is 0 Å². The maximum atomic E-state index is 11.2. The van der Waals surface area contributed by atoms with Gasteiger partial charge in [-0.05, 0) is 63.0 Å². The van der Waals surface area contributed by atoms with Gasteiger partial charge in [0.25, 0.3) is 0 Å². The lowest BCUT2D eigenvalue weighted by Crippen LogP contribution is -2.53. The summed E-state index contributed by atoms with van der Waals surface area (Å²) in [6, 6.07) is 8.44. The second-order valence-corrected chi connectivity index (χ2v) is 5.52. The maximum Gasteiger partial charge on any atom is 0.159 e. The minimum atomic E-state index is 0.129. The van der Waals surface area contributed by atoms with Gasteiger partial charge >= 0.3 is 0 Å². The molecular formula is C15H20N2O. The van der Waals surface area contributed by atoms with Crippen molar-refractivity contribution in [2.45, 2.75) is 25.8 Å². The van der Waals surface area contributed by atoms with Crippen molar-refractivity contribution in [3.63, 3.8) is 0 Å². The zero-order valence-electron chi connectivity index (χ0n) is 10.9. The Balaban J connectivity index is 1.67. The Morgan fingerprint density at radius 3 is 2.39 bits per heavy atom. The molecule has 2 bridgehead atoms. The summed E-state index contributed by atoms with van der Waals surface area (Å²) < 4.78 is 0. The van der Waals surface area contributed by atoms with E-state index in [-0.39, 0.29) is 5.78 Å². The molecule has 0 radical (unpaired) electrons. The molecule has 0 saturated carbocycles. The van der Waals surface area contributed by atoms with Gasteiger partial charge in [0, 0.05) is 23.8 Å². The molecule has 0 aliphatic carbocycles. The van der Waals surface area contributed by atoms with Gasteiger partial charge in [0.2, 0.25) is 0 Å². The van der Waals surface area contributed by atoms with Crippen LogP contribution in [0.5, 0.6) is 0 Å².